The zero-order valence-corrected chi connectivity index (χ0v) is 21.7. The van der Waals surface area contributed by atoms with E-state index in [-0.39, 0.29) is 45.4 Å². The van der Waals surface area contributed by atoms with E-state index in [0.717, 1.165) is 17.7 Å². The number of ether oxygens (including phenoxy) is 1. The molecule has 0 bridgehead atoms. The smallest absolute Gasteiger partial charge is 0.339 e. The number of imide groups is 1. The lowest BCUT2D eigenvalue weighted by atomic mass is 10.2. The van der Waals surface area contributed by atoms with Gasteiger partial charge in [-0.2, -0.15) is 8.42 Å². The van der Waals surface area contributed by atoms with Crippen LogP contribution in [0.4, 0.5) is 4.79 Å². The number of hydrogen-bond donors (Lipinski definition) is 0. The molecule has 2 aromatic rings. The minimum absolute atomic E-state index is 0.0512. The highest BCUT2D eigenvalue weighted by molar-refractivity contribution is 8.18. The van der Waals surface area contributed by atoms with E-state index in [0.29, 0.717) is 30.4 Å². The summed E-state index contributed by atoms with van der Waals surface area (Å²) in [6.07, 6.45) is 3.25. The highest BCUT2D eigenvalue weighted by Crippen LogP contribution is 2.40. The molecule has 0 radical (unpaired) electrons. The molecule has 0 N–H and O–H groups in total. The fourth-order valence-electron chi connectivity index (χ4n) is 3.75. The summed E-state index contributed by atoms with van der Waals surface area (Å²) in [7, 11) is -4.18. The van der Waals surface area contributed by atoms with Crippen molar-refractivity contribution in [3.05, 3.63) is 58.0 Å². The standard InChI is InChI=1S/C24H23ClN2O7S2/c1-2-33-19-13-16(12-18(25)22(19)34-36(31,32)17-8-4-3-5-9-17)14-20-23(29)27(24(30)35-20)15-21(28)26-10-6-7-11-26/h3-5,8-9,12-14H,2,6-7,10-11,15H2,1H3/b20-14-. The lowest BCUT2D eigenvalue weighted by molar-refractivity contribution is -0.135. The third-order valence-corrected chi connectivity index (χ3v) is 7.90. The number of benzene rings is 2. The first-order valence-corrected chi connectivity index (χ1v) is 13.8. The molecule has 36 heavy (non-hydrogen) atoms. The molecule has 2 heterocycles. The Balaban J connectivity index is 1.58. The van der Waals surface area contributed by atoms with E-state index in [4.69, 9.17) is 20.5 Å². The van der Waals surface area contributed by atoms with Crippen LogP contribution < -0.4 is 8.92 Å². The molecule has 190 valence electrons. The van der Waals surface area contributed by atoms with Gasteiger partial charge in [0.1, 0.15) is 11.4 Å². The van der Waals surface area contributed by atoms with Crippen LogP contribution in [-0.4, -0.2) is 61.5 Å². The van der Waals surface area contributed by atoms with Gasteiger partial charge in [-0.05, 0) is 67.4 Å². The Morgan fingerprint density at radius 1 is 1.14 bits per heavy atom. The van der Waals surface area contributed by atoms with Crippen molar-refractivity contribution >= 4 is 56.6 Å². The van der Waals surface area contributed by atoms with Crippen molar-refractivity contribution in [1.29, 1.82) is 0 Å². The molecule has 0 atom stereocenters. The minimum atomic E-state index is -4.18. The molecule has 3 amide bonds. The Hall–Kier alpha value is -3.02. The molecule has 0 spiro atoms. The Kier molecular flexibility index (Phi) is 7.91. The largest absolute Gasteiger partial charge is 0.490 e. The zero-order chi connectivity index (χ0) is 25.9. The van der Waals surface area contributed by atoms with Crippen LogP contribution in [0.25, 0.3) is 6.08 Å². The lowest BCUT2D eigenvalue weighted by Gasteiger charge is -2.18. The lowest BCUT2D eigenvalue weighted by Crippen LogP contribution is -2.40. The predicted molar refractivity (Wildman–Crippen MR) is 135 cm³/mol. The van der Waals surface area contributed by atoms with Gasteiger partial charge >= 0.3 is 10.1 Å². The van der Waals surface area contributed by atoms with Crippen LogP contribution >= 0.6 is 23.4 Å². The van der Waals surface area contributed by atoms with Crippen molar-refractivity contribution in [3.63, 3.8) is 0 Å². The maximum Gasteiger partial charge on any atom is 0.339 e. The van der Waals surface area contributed by atoms with E-state index < -0.39 is 21.3 Å². The van der Waals surface area contributed by atoms with Gasteiger partial charge in [0.2, 0.25) is 11.7 Å². The quantitative estimate of drug-likeness (QED) is 0.356. The zero-order valence-electron chi connectivity index (χ0n) is 19.3. The summed E-state index contributed by atoms with van der Waals surface area (Å²) in [5.41, 5.74) is 0.393. The van der Waals surface area contributed by atoms with Crippen LogP contribution in [0.1, 0.15) is 25.3 Å². The number of carbonyl (C=O) groups is 3. The van der Waals surface area contributed by atoms with Crippen LogP contribution in [0, 0.1) is 0 Å². The van der Waals surface area contributed by atoms with Gasteiger partial charge in [0, 0.05) is 13.1 Å². The average molecular weight is 551 g/mol. The summed E-state index contributed by atoms with van der Waals surface area (Å²) in [5.74, 6) is -0.986. The molecule has 2 aliphatic rings. The Labute approximate surface area is 218 Å². The maximum atomic E-state index is 12.9. The van der Waals surface area contributed by atoms with E-state index in [1.165, 1.54) is 30.3 Å². The average Bonchev–Trinajstić information content (AvgIpc) is 3.47. The van der Waals surface area contributed by atoms with Gasteiger partial charge < -0.3 is 13.8 Å². The van der Waals surface area contributed by atoms with Crippen molar-refractivity contribution in [3.8, 4) is 11.5 Å². The molecule has 0 aromatic heterocycles. The second-order valence-electron chi connectivity index (χ2n) is 7.97. The summed E-state index contributed by atoms with van der Waals surface area (Å²) in [6.45, 7) is 2.84. The first-order chi connectivity index (χ1) is 17.2. The van der Waals surface area contributed by atoms with Crippen molar-refractivity contribution < 1.29 is 31.7 Å². The van der Waals surface area contributed by atoms with Crippen LogP contribution in [-0.2, 0) is 19.7 Å². The Bertz CT molecular complexity index is 1320. The van der Waals surface area contributed by atoms with Crippen LogP contribution in [0.2, 0.25) is 5.02 Å². The normalized spacial score (nSPS) is 17.2. The van der Waals surface area contributed by atoms with Gasteiger partial charge in [-0.15, -0.1) is 0 Å². The molecular weight excluding hydrogens is 528 g/mol. The van der Waals surface area contributed by atoms with E-state index >= 15 is 0 Å². The second kappa shape index (κ2) is 10.9. The predicted octanol–water partition coefficient (Wildman–Crippen LogP) is 4.17. The molecule has 0 unspecified atom stereocenters. The topological polar surface area (TPSA) is 110 Å². The molecule has 12 heteroatoms. The van der Waals surface area contributed by atoms with Crippen LogP contribution in [0.3, 0.4) is 0 Å². The monoisotopic (exact) mass is 550 g/mol. The van der Waals surface area contributed by atoms with Crippen molar-refractivity contribution in [2.24, 2.45) is 0 Å². The van der Waals surface area contributed by atoms with Crippen molar-refractivity contribution in [1.82, 2.24) is 9.80 Å². The number of thioether (sulfide) groups is 1. The second-order valence-corrected chi connectivity index (χ2v) is 10.9. The van der Waals surface area contributed by atoms with E-state index in [9.17, 15) is 22.8 Å². The molecule has 0 aliphatic carbocycles. The first kappa shape index (κ1) is 26.1. The van der Waals surface area contributed by atoms with Crippen LogP contribution in [0.5, 0.6) is 11.5 Å². The van der Waals surface area contributed by atoms with E-state index in [2.05, 4.69) is 0 Å². The summed E-state index contributed by atoms with van der Waals surface area (Å²) in [6, 6.07) is 10.5. The number of carbonyl (C=O) groups excluding carboxylic acids is 3. The van der Waals surface area contributed by atoms with Crippen LogP contribution in [0.15, 0.2) is 52.3 Å². The maximum absolute atomic E-state index is 12.9. The fourth-order valence-corrected chi connectivity index (χ4v) is 5.87. The number of nitrogens with zero attached hydrogens (tertiary/aromatic N) is 2. The fraction of sp³-hybridized carbons (Fsp3) is 0.292. The van der Waals surface area contributed by atoms with Gasteiger partial charge in [0.15, 0.2) is 5.75 Å². The molecule has 4 rings (SSSR count). The van der Waals surface area contributed by atoms with Gasteiger partial charge in [-0.3, -0.25) is 19.3 Å². The van der Waals surface area contributed by atoms with Gasteiger partial charge in [0.25, 0.3) is 11.1 Å². The third kappa shape index (κ3) is 5.69. The summed E-state index contributed by atoms with van der Waals surface area (Å²) < 4.78 is 36.3. The van der Waals surface area contributed by atoms with Crippen molar-refractivity contribution in [2.75, 3.05) is 26.2 Å². The highest BCUT2D eigenvalue weighted by atomic mass is 35.5. The Morgan fingerprint density at radius 2 is 1.83 bits per heavy atom. The summed E-state index contributed by atoms with van der Waals surface area (Å²) in [4.78, 5) is 40.3. The molecule has 2 saturated heterocycles. The van der Waals surface area contributed by atoms with E-state index in [1.807, 2.05) is 0 Å². The summed E-state index contributed by atoms with van der Waals surface area (Å²) in [5, 5.41) is -0.598. The molecule has 9 nitrogen and oxygen atoms in total. The molecule has 2 aromatic carbocycles. The number of likely N-dealkylation sites (tertiary alicyclic amines) is 1. The summed E-state index contributed by atoms with van der Waals surface area (Å²) >= 11 is 7.08. The highest BCUT2D eigenvalue weighted by Gasteiger charge is 2.37. The third-order valence-electron chi connectivity index (χ3n) is 5.48. The van der Waals surface area contributed by atoms with E-state index in [1.54, 1.807) is 30.0 Å². The van der Waals surface area contributed by atoms with Gasteiger partial charge in [-0.25, -0.2) is 0 Å². The molecular formula is C24H23ClN2O7S2. The Morgan fingerprint density at radius 3 is 2.50 bits per heavy atom. The molecule has 0 saturated carbocycles. The van der Waals surface area contributed by atoms with Gasteiger partial charge in [-0.1, -0.05) is 29.8 Å². The number of amides is 3. The van der Waals surface area contributed by atoms with Gasteiger partial charge in [0.05, 0.1) is 16.5 Å². The number of hydrogen-bond acceptors (Lipinski definition) is 8. The molecule has 2 aliphatic heterocycles. The molecule has 2 fully saturated rings. The van der Waals surface area contributed by atoms with Crippen molar-refractivity contribution in [2.45, 2.75) is 24.7 Å². The number of rotatable bonds is 8. The minimum Gasteiger partial charge on any atom is -0.490 e. The first-order valence-electron chi connectivity index (χ1n) is 11.2. The number of halogens is 1. The SMILES string of the molecule is CCOc1cc(/C=C2\SC(=O)N(CC(=O)N3CCCC3)C2=O)cc(Cl)c1OS(=O)(=O)c1ccccc1.